The summed E-state index contributed by atoms with van der Waals surface area (Å²) in [5, 5.41) is 11.6. The summed E-state index contributed by atoms with van der Waals surface area (Å²) in [6.45, 7) is 4.89. The van der Waals surface area contributed by atoms with Crippen molar-refractivity contribution in [2.75, 3.05) is 19.8 Å². The molecule has 0 amide bonds. The molecule has 3 atom stereocenters. The highest BCUT2D eigenvalue weighted by Gasteiger charge is 2.31. The Morgan fingerprint density at radius 2 is 2.00 bits per heavy atom. The minimum absolute atomic E-state index is 0.180. The zero-order valence-corrected chi connectivity index (χ0v) is 25.9. The fourth-order valence-electron chi connectivity index (χ4n) is 6.36. The van der Waals surface area contributed by atoms with Gasteiger partial charge in [-0.2, -0.15) is 4.98 Å². The largest absolute Gasteiger partial charge is 0.374 e. The van der Waals surface area contributed by atoms with Crippen LogP contribution in [0.4, 0.5) is 4.39 Å². The Hall–Kier alpha value is -3.89. The van der Waals surface area contributed by atoms with Crippen molar-refractivity contribution in [3.05, 3.63) is 76.5 Å². The summed E-state index contributed by atoms with van der Waals surface area (Å²) in [6.07, 6.45) is 9.26. The summed E-state index contributed by atoms with van der Waals surface area (Å²) in [7, 11) is 0. The molecular weight excluding hydrogens is 555 g/mol. The molecule has 1 saturated heterocycles. The number of hydrogen-bond donors (Lipinski definition) is 4. The van der Waals surface area contributed by atoms with Crippen LogP contribution in [0, 0.1) is 5.41 Å². The van der Waals surface area contributed by atoms with Gasteiger partial charge in [0.2, 0.25) is 0 Å². The van der Waals surface area contributed by atoms with Gasteiger partial charge in [-0.3, -0.25) is 24.3 Å². The zero-order chi connectivity index (χ0) is 31.1. The number of amidine groups is 1. The average Bonchev–Trinajstić information content (AvgIpc) is 3.43. The maximum absolute atomic E-state index is 13.2. The zero-order valence-electron chi connectivity index (χ0n) is 25.9. The van der Waals surface area contributed by atoms with Crippen LogP contribution < -0.4 is 16.7 Å². The lowest BCUT2D eigenvalue weighted by molar-refractivity contribution is 0.0741. The molecule has 234 valence electrons. The molecule has 9 nitrogen and oxygen atoms in total. The van der Waals surface area contributed by atoms with Crippen LogP contribution in [-0.4, -0.2) is 62.1 Å². The Balaban J connectivity index is 1.35. The molecule has 0 spiro atoms. The SMILES string of the molecule is CC(=N)NCC[C@@H]1CCC[C@@H](c2ccc(-n3cc4cc(-c5cccc(CCC[C@H](C)N)n5)[nH]c4nc3=O)cc2)N1CCCF. The summed E-state index contributed by atoms with van der Waals surface area (Å²) in [5.41, 5.74) is 10.6. The third kappa shape index (κ3) is 7.78. The molecule has 1 aliphatic rings. The molecule has 10 heteroatoms. The highest BCUT2D eigenvalue weighted by Crippen LogP contribution is 2.36. The van der Waals surface area contributed by atoms with Crippen molar-refractivity contribution in [1.82, 2.24) is 29.7 Å². The second-order valence-corrected chi connectivity index (χ2v) is 12.1. The van der Waals surface area contributed by atoms with Crippen molar-refractivity contribution in [2.45, 2.75) is 83.3 Å². The Kier molecular flexibility index (Phi) is 10.6. The lowest BCUT2D eigenvalue weighted by Gasteiger charge is -2.43. The van der Waals surface area contributed by atoms with Crippen molar-refractivity contribution in [1.29, 1.82) is 5.41 Å². The molecule has 1 aliphatic heterocycles. The first-order valence-corrected chi connectivity index (χ1v) is 15.9. The van der Waals surface area contributed by atoms with Crippen molar-refractivity contribution in [3.8, 4) is 17.1 Å². The number of alkyl halides is 1. The van der Waals surface area contributed by atoms with E-state index in [1.54, 1.807) is 11.5 Å². The van der Waals surface area contributed by atoms with Crippen LogP contribution in [-0.2, 0) is 6.42 Å². The normalized spacial score (nSPS) is 18.0. The van der Waals surface area contributed by atoms with Gasteiger partial charge in [0.25, 0.3) is 0 Å². The Labute approximate surface area is 258 Å². The quantitative estimate of drug-likeness (QED) is 0.116. The van der Waals surface area contributed by atoms with E-state index < -0.39 is 0 Å². The highest BCUT2D eigenvalue weighted by atomic mass is 19.1. The number of nitrogens with two attached hydrogens (primary N) is 1. The number of likely N-dealkylation sites (tertiary alicyclic amines) is 1. The van der Waals surface area contributed by atoms with E-state index in [1.807, 2.05) is 49.5 Å². The highest BCUT2D eigenvalue weighted by molar-refractivity contribution is 5.81. The molecule has 0 bridgehead atoms. The minimum atomic E-state index is -0.354. The van der Waals surface area contributed by atoms with E-state index in [2.05, 4.69) is 32.3 Å². The number of aromatic amines is 1. The number of benzene rings is 1. The van der Waals surface area contributed by atoms with E-state index >= 15 is 0 Å². The number of aromatic nitrogens is 4. The molecule has 0 aliphatic carbocycles. The number of halogens is 1. The number of pyridine rings is 1. The second-order valence-electron chi connectivity index (χ2n) is 12.1. The number of nitrogens with one attached hydrogen (secondary N) is 3. The number of H-pyrrole nitrogens is 1. The summed E-state index contributed by atoms with van der Waals surface area (Å²) >= 11 is 0. The van der Waals surface area contributed by atoms with E-state index in [0.717, 1.165) is 79.6 Å². The molecule has 1 aromatic carbocycles. The Morgan fingerprint density at radius 3 is 2.75 bits per heavy atom. The summed E-state index contributed by atoms with van der Waals surface area (Å²) < 4.78 is 14.8. The standard InChI is InChI=1S/C34H45FN8O/c1-23(36)7-3-8-27-9-4-11-30(39-27)31-21-26-22-43(34(44)41-33(26)40-31)29-15-13-25(14-16-29)32-12-5-10-28(17-19-38-24(2)37)42(32)20-6-18-35/h4,9,11,13-16,21-23,28,32H,3,5-8,10,12,17-20,36H2,1-2H3,(H2,37,38)(H,40,41,44)/t23-,28-,32-/m0/s1. The van der Waals surface area contributed by atoms with Gasteiger partial charge in [0.05, 0.1) is 29.6 Å². The maximum atomic E-state index is 13.2. The van der Waals surface area contributed by atoms with E-state index in [4.69, 9.17) is 16.1 Å². The number of nitrogens with zero attached hydrogens (tertiary/aromatic N) is 4. The van der Waals surface area contributed by atoms with Crippen LogP contribution in [0.3, 0.4) is 0 Å². The maximum Gasteiger partial charge on any atom is 0.354 e. The lowest BCUT2D eigenvalue weighted by atomic mass is 9.89. The summed E-state index contributed by atoms with van der Waals surface area (Å²) in [5.74, 6) is 0.469. The fraction of sp³-hybridized carbons (Fsp3) is 0.471. The van der Waals surface area contributed by atoms with Crippen molar-refractivity contribution < 1.29 is 4.39 Å². The van der Waals surface area contributed by atoms with Gasteiger partial charge in [-0.05, 0) is 101 Å². The number of aryl methyl sites for hydroxylation is 1. The predicted molar refractivity (Wildman–Crippen MR) is 175 cm³/mol. The number of hydrogen-bond acceptors (Lipinski definition) is 6. The third-order valence-corrected chi connectivity index (χ3v) is 8.54. The van der Waals surface area contributed by atoms with Gasteiger partial charge in [-0.25, -0.2) is 4.79 Å². The summed E-state index contributed by atoms with van der Waals surface area (Å²) in [4.78, 5) is 28.0. The molecule has 3 aromatic heterocycles. The molecule has 0 radical (unpaired) electrons. The minimum Gasteiger partial charge on any atom is -0.374 e. The molecule has 1 fully saturated rings. The van der Waals surface area contributed by atoms with Crippen LogP contribution in [0.1, 0.15) is 76.1 Å². The Bertz CT molecular complexity index is 1600. The van der Waals surface area contributed by atoms with E-state index in [-0.39, 0.29) is 24.4 Å². The van der Waals surface area contributed by atoms with Crippen molar-refractivity contribution in [2.24, 2.45) is 5.73 Å². The van der Waals surface area contributed by atoms with Gasteiger partial charge in [0.1, 0.15) is 5.65 Å². The lowest BCUT2D eigenvalue weighted by Crippen LogP contribution is -2.44. The summed E-state index contributed by atoms with van der Waals surface area (Å²) in [6, 6.07) is 16.8. The van der Waals surface area contributed by atoms with Crippen molar-refractivity contribution in [3.63, 3.8) is 0 Å². The first-order chi connectivity index (χ1) is 21.3. The molecular formula is C34H45FN8O. The molecule has 5 rings (SSSR count). The van der Waals surface area contributed by atoms with Crippen LogP contribution >= 0.6 is 0 Å². The van der Waals surface area contributed by atoms with E-state index in [9.17, 15) is 9.18 Å². The van der Waals surface area contributed by atoms with E-state index in [1.165, 1.54) is 5.56 Å². The molecule has 0 saturated carbocycles. The fourth-order valence-corrected chi connectivity index (χ4v) is 6.36. The number of piperidine rings is 1. The smallest absolute Gasteiger partial charge is 0.354 e. The van der Waals surface area contributed by atoms with Crippen LogP contribution in [0.5, 0.6) is 0 Å². The second kappa shape index (κ2) is 14.7. The number of fused-ring (bicyclic) bond motifs is 1. The topological polar surface area (TPSA) is 129 Å². The van der Waals surface area contributed by atoms with Gasteiger partial charge in [-0.1, -0.05) is 18.2 Å². The average molecular weight is 601 g/mol. The van der Waals surface area contributed by atoms with Crippen LogP contribution in [0.15, 0.2) is 59.5 Å². The molecule has 4 heterocycles. The van der Waals surface area contributed by atoms with Gasteiger partial charge in [0, 0.05) is 48.5 Å². The van der Waals surface area contributed by atoms with Gasteiger partial charge < -0.3 is 16.0 Å². The number of rotatable bonds is 13. The molecule has 0 unspecified atom stereocenters. The predicted octanol–water partition coefficient (Wildman–Crippen LogP) is 5.68. The van der Waals surface area contributed by atoms with Gasteiger partial charge in [-0.15, -0.1) is 0 Å². The van der Waals surface area contributed by atoms with Gasteiger partial charge in [0.15, 0.2) is 0 Å². The van der Waals surface area contributed by atoms with Crippen LogP contribution in [0.2, 0.25) is 0 Å². The van der Waals surface area contributed by atoms with Crippen LogP contribution in [0.25, 0.3) is 28.1 Å². The molecule has 44 heavy (non-hydrogen) atoms. The first-order valence-electron chi connectivity index (χ1n) is 15.9. The molecule has 5 N–H and O–H groups in total. The van der Waals surface area contributed by atoms with Crippen molar-refractivity contribution >= 4 is 16.9 Å². The third-order valence-electron chi connectivity index (χ3n) is 8.54. The van der Waals surface area contributed by atoms with Gasteiger partial charge >= 0.3 is 5.69 Å². The first kappa shape index (κ1) is 31.5. The van der Waals surface area contributed by atoms with E-state index in [0.29, 0.717) is 30.5 Å². The molecule has 4 aromatic rings. The monoisotopic (exact) mass is 600 g/mol. The Morgan fingerprint density at radius 1 is 1.18 bits per heavy atom.